The van der Waals surface area contributed by atoms with Crippen molar-refractivity contribution in [3.63, 3.8) is 0 Å². The Morgan fingerprint density at radius 2 is 1.74 bits per heavy atom. The van der Waals surface area contributed by atoms with E-state index in [1.165, 1.54) is 25.7 Å². The fourth-order valence-corrected chi connectivity index (χ4v) is 5.80. The van der Waals surface area contributed by atoms with Crippen LogP contribution < -0.4 is 0 Å². The number of nitrogens with zero attached hydrogens (tertiary/aromatic N) is 4. The Kier molecular flexibility index (Phi) is 21.9. The largest absolute Gasteiger partial charge is 0.381 e. The first-order valence-corrected chi connectivity index (χ1v) is 15.4. The lowest BCUT2D eigenvalue weighted by Gasteiger charge is -2.35. The number of ether oxygens (including phenoxy) is 1. The van der Waals surface area contributed by atoms with Gasteiger partial charge in [0.2, 0.25) is 0 Å². The maximum absolute atomic E-state index is 9.00. The van der Waals surface area contributed by atoms with Gasteiger partial charge >= 0.3 is 0 Å². The zero-order valence-electron chi connectivity index (χ0n) is 22.3. The van der Waals surface area contributed by atoms with Crippen molar-refractivity contribution in [3.8, 4) is 0 Å². The lowest BCUT2D eigenvalue weighted by molar-refractivity contribution is 0.0739. The van der Waals surface area contributed by atoms with Crippen LogP contribution in [0.25, 0.3) is 10.4 Å². The van der Waals surface area contributed by atoms with Gasteiger partial charge in [0, 0.05) is 23.6 Å². The van der Waals surface area contributed by atoms with E-state index in [1.807, 2.05) is 6.66 Å². The molecule has 0 aliphatic rings. The van der Waals surface area contributed by atoms with Crippen LogP contribution in [0.1, 0.15) is 79.6 Å². The normalized spacial score (nSPS) is 15.3. The molecule has 0 aromatic rings. The monoisotopic (exact) mass is 516 g/mol. The topological polar surface area (TPSA) is 88.9 Å². The molecule has 8 nitrogen and oxygen atoms in total. The van der Waals surface area contributed by atoms with Gasteiger partial charge in [-0.3, -0.25) is 0 Å². The van der Waals surface area contributed by atoms with Crippen molar-refractivity contribution < 1.29 is 18.3 Å². The van der Waals surface area contributed by atoms with E-state index < -0.39 is 22.6 Å². The van der Waals surface area contributed by atoms with E-state index >= 15 is 0 Å². The zero-order chi connectivity index (χ0) is 25.8. The summed E-state index contributed by atoms with van der Waals surface area (Å²) >= 11 is 0. The molecule has 196 valence electrons. The van der Waals surface area contributed by atoms with Crippen LogP contribution in [0.3, 0.4) is 0 Å². The second-order valence-corrected chi connectivity index (χ2v) is 11.6. The standard InChI is InChI=1S/C23H47BN4O4P2/c1-8-10-11-12-13-14-23(32-33(7)24)15-17-29-18-22(26-27-25)19-31-34(30-16-9-2)28(20(3)4)21(5)6/h9,20-23H,2,8,10-19H2,1,3-7H3. The summed E-state index contributed by atoms with van der Waals surface area (Å²) < 4.78 is 26.0. The van der Waals surface area contributed by atoms with E-state index in [2.05, 4.69) is 55.9 Å². The molecule has 0 aromatic heterocycles. The summed E-state index contributed by atoms with van der Waals surface area (Å²) in [5, 5.41) is 3.87. The van der Waals surface area contributed by atoms with Crippen LogP contribution in [0.4, 0.5) is 0 Å². The summed E-state index contributed by atoms with van der Waals surface area (Å²) in [6.45, 7) is 17.7. The molecule has 0 amide bonds. The number of hydrogen-bond donors (Lipinski definition) is 0. The number of unbranched alkanes of at least 4 members (excludes halogenated alkanes) is 4. The Morgan fingerprint density at radius 1 is 1.06 bits per heavy atom. The summed E-state index contributed by atoms with van der Waals surface area (Å²) in [5.41, 5.74) is 9.00. The molecule has 0 N–H and O–H groups in total. The van der Waals surface area contributed by atoms with E-state index in [0.29, 0.717) is 13.2 Å². The molecule has 0 aromatic carbocycles. The SMILES string of the molecule is [B]P(C)OC(CCCCCCC)CCOCC(COP(OCC=C)N(C(C)C)C(C)C)N=[N+]=[N-]. The van der Waals surface area contributed by atoms with Gasteiger partial charge < -0.3 is 18.3 Å². The summed E-state index contributed by atoms with van der Waals surface area (Å²) in [6.07, 6.45) is 9.71. The highest BCUT2D eigenvalue weighted by Crippen LogP contribution is 2.46. The minimum atomic E-state index is -1.31. The van der Waals surface area contributed by atoms with Gasteiger partial charge in [0.1, 0.15) is 7.57 Å². The number of hydrogen-bond acceptors (Lipinski definition) is 6. The Morgan fingerprint density at radius 3 is 2.29 bits per heavy atom. The summed E-state index contributed by atoms with van der Waals surface area (Å²) in [6, 6.07) is 0.0564. The van der Waals surface area contributed by atoms with Gasteiger partial charge in [0.25, 0.3) is 8.53 Å². The van der Waals surface area contributed by atoms with Crippen LogP contribution >= 0.6 is 16.6 Å². The molecule has 2 radical (unpaired) electrons. The molecule has 0 bridgehead atoms. The van der Waals surface area contributed by atoms with Crippen LogP contribution in [-0.4, -0.2) is 69.6 Å². The molecule has 0 heterocycles. The maximum Gasteiger partial charge on any atom is 0.259 e. The predicted octanol–water partition coefficient (Wildman–Crippen LogP) is 7.49. The molecule has 0 aliphatic carbocycles. The first kappa shape index (κ1) is 33.8. The summed E-state index contributed by atoms with van der Waals surface area (Å²) in [7, 11) is 3.70. The van der Waals surface area contributed by atoms with Crippen molar-refractivity contribution in [2.24, 2.45) is 5.11 Å². The van der Waals surface area contributed by atoms with Crippen LogP contribution in [0.15, 0.2) is 17.8 Å². The van der Waals surface area contributed by atoms with E-state index in [9.17, 15) is 0 Å². The van der Waals surface area contributed by atoms with E-state index in [4.69, 9.17) is 31.4 Å². The lowest BCUT2D eigenvalue weighted by Crippen LogP contribution is -2.34. The van der Waals surface area contributed by atoms with Crippen LogP contribution in [-0.2, 0) is 18.3 Å². The summed E-state index contributed by atoms with van der Waals surface area (Å²) in [4.78, 5) is 2.97. The fourth-order valence-electron chi connectivity index (χ4n) is 3.49. The predicted molar refractivity (Wildman–Crippen MR) is 146 cm³/mol. The molecule has 4 atom stereocenters. The highest BCUT2D eigenvalue weighted by atomic mass is 31.2. The Bertz CT molecular complexity index is 547. The smallest absolute Gasteiger partial charge is 0.259 e. The van der Waals surface area contributed by atoms with E-state index in [0.717, 1.165) is 19.3 Å². The highest BCUT2D eigenvalue weighted by Gasteiger charge is 2.27. The zero-order valence-corrected chi connectivity index (χ0v) is 24.1. The molecule has 0 spiro atoms. The lowest BCUT2D eigenvalue weighted by atomic mass is 10.1. The molecule has 4 unspecified atom stereocenters. The molecule has 11 heteroatoms. The van der Waals surface area contributed by atoms with Crippen LogP contribution in [0.2, 0.25) is 0 Å². The third kappa shape index (κ3) is 17.2. The fraction of sp³-hybridized carbons (Fsp3) is 0.913. The van der Waals surface area contributed by atoms with Gasteiger partial charge in [0.05, 0.1) is 32.0 Å². The average molecular weight is 516 g/mol. The van der Waals surface area contributed by atoms with Crippen molar-refractivity contribution in [3.05, 3.63) is 23.1 Å². The van der Waals surface area contributed by atoms with Crippen molar-refractivity contribution in [1.82, 2.24) is 4.67 Å². The van der Waals surface area contributed by atoms with Crippen molar-refractivity contribution in [2.45, 2.75) is 104 Å². The van der Waals surface area contributed by atoms with Gasteiger partial charge in [-0.2, -0.15) is 0 Å². The van der Waals surface area contributed by atoms with E-state index in [1.54, 1.807) is 6.08 Å². The van der Waals surface area contributed by atoms with Gasteiger partial charge in [-0.15, -0.1) is 6.58 Å². The first-order chi connectivity index (χ1) is 16.3. The van der Waals surface area contributed by atoms with Gasteiger partial charge in [0.15, 0.2) is 0 Å². The summed E-state index contributed by atoms with van der Waals surface area (Å²) in [5.74, 6) is 0. The third-order valence-electron chi connectivity index (χ3n) is 4.98. The minimum Gasteiger partial charge on any atom is -0.381 e. The molecular weight excluding hydrogens is 469 g/mol. The third-order valence-corrected chi connectivity index (χ3v) is 7.65. The number of azide groups is 1. The van der Waals surface area contributed by atoms with Gasteiger partial charge in [-0.1, -0.05) is 50.2 Å². The first-order valence-electron chi connectivity index (χ1n) is 12.5. The Balaban J connectivity index is 4.69. The molecule has 0 fully saturated rings. The highest BCUT2D eigenvalue weighted by molar-refractivity contribution is 7.77. The second kappa shape index (κ2) is 22.0. The minimum absolute atomic E-state index is 0.0997. The Hall–Kier alpha value is -0.225. The number of rotatable bonds is 23. The second-order valence-electron chi connectivity index (χ2n) is 8.88. The molecule has 0 saturated carbocycles. The maximum atomic E-state index is 9.00. The van der Waals surface area contributed by atoms with Gasteiger partial charge in [-0.25, -0.2) is 4.67 Å². The molecule has 0 rings (SSSR count). The Labute approximate surface area is 212 Å². The van der Waals surface area contributed by atoms with Crippen molar-refractivity contribution in [1.29, 1.82) is 0 Å². The molecule has 34 heavy (non-hydrogen) atoms. The van der Waals surface area contributed by atoms with Crippen molar-refractivity contribution >= 4 is 24.1 Å². The molecular formula is C23H47BN4O4P2. The van der Waals surface area contributed by atoms with Crippen LogP contribution in [0.5, 0.6) is 0 Å². The van der Waals surface area contributed by atoms with Crippen molar-refractivity contribution in [2.75, 3.05) is 33.1 Å². The average Bonchev–Trinajstić information content (AvgIpc) is 2.76. The van der Waals surface area contributed by atoms with E-state index in [-0.39, 0.29) is 31.4 Å². The molecule has 0 saturated heterocycles. The van der Waals surface area contributed by atoms with Crippen LogP contribution in [0, 0.1) is 0 Å². The molecule has 0 aliphatic heterocycles. The quantitative estimate of drug-likeness (QED) is 0.0267. The van der Waals surface area contributed by atoms with Gasteiger partial charge in [-0.05, 0) is 60.8 Å².